The molecule has 0 aromatic heterocycles. The van der Waals surface area contributed by atoms with Gasteiger partial charge in [-0.3, -0.25) is 4.79 Å². The minimum Gasteiger partial charge on any atom is -0.435 e. The van der Waals surface area contributed by atoms with E-state index >= 15 is 0 Å². The molecule has 2 rings (SSSR count). The molecule has 2 aromatic rings. The van der Waals surface area contributed by atoms with Gasteiger partial charge in [-0.15, -0.1) is 0 Å². The van der Waals surface area contributed by atoms with Crippen LogP contribution in [0.5, 0.6) is 5.75 Å². The maximum absolute atomic E-state index is 12.7. The van der Waals surface area contributed by atoms with Gasteiger partial charge in [-0.1, -0.05) is 18.2 Å². The van der Waals surface area contributed by atoms with E-state index in [1.54, 1.807) is 0 Å². The molecule has 0 unspecified atom stereocenters. The van der Waals surface area contributed by atoms with Crippen molar-refractivity contribution in [1.29, 1.82) is 0 Å². The fourth-order valence-corrected chi connectivity index (χ4v) is 3.21. The summed E-state index contributed by atoms with van der Waals surface area (Å²) >= 11 is 0. The summed E-state index contributed by atoms with van der Waals surface area (Å²) in [6, 6.07) is 8.57. The Morgan fingerprint density at radius 1 is 1.07 bits per heavy atom. The fourth-order valence-electron chi connectivity index (χ4n) is 2.18. The van der Waals surface area contributed by atoms with Gasteiger partial charge in [0.2, 0.25) is 15.9 Å². The normalized spacial score (nSPS) is 12.1. The van der Waals surface area contributed by atoms with Gasteiger partial charge in [0.25, 0.3) is 0 Å². The molecular weight excluding hydrogens is 423 g/mol. The molecule has 158 valence electrons. The van der Waals surface area contributed by atoms with E-state index in [-0.39, 0.29) is 12.3 Å². The number of carbonyl (C=O) groups is 1. The van der Waals surface area contributed by atoms with Crippen molar-refractivity contribution in [2.45, 2.75) is 24.2 Å². The van der Waals surface area contributed by atoms with Crippen LogP contribution < -0.4 is 14.8 Å². The van der Waals surface area contributed by atoms with Crippen LogP contribution in [0.4, 0.5) is 22.0 Å². The van der Waals surface area contributed by atoms with Crippen LogP contribution in [-0.2, 0) is 27.5 Å². The molecule has 1 amide bonds. The van der Waals surface area contributed by atoms with E-state index in [9.17, 15) is 35.2 Å². The van der Waals surface area contributed by atoms with Crippen molar-refractivity contribution in [3.05, 3.63) is 59.7 Å². The van der Waals surface area contributed by atoms with Gasteiger partial charge in [0.05, 0.1) is 17.0 Å². The minimum absolute atomic E-state index is 0.107. The molecule has 0 heterocycles. The summed E-state index contributed by atoms with van der Waals surface area (Å²) in [6.07, 6.45) is -4.72. The highest BCUT2D eigenvalue weighted by atomic mass is 32.2. The standard InChI is InChI=1S/C17H15F5N2O4S/c18-16(19)28-13-5-1-3-11(7-13)9-23-15(25)10-24-29(26,27)14-6-2-4-12(8-14)17(20,21)22/h1-8,16,24H,9-10H2,(H,23,25). The highest BCUT2D eigenvalue weighted by molar-refractivity contribution is 7.89. The highest BCUT2D eigenvalue weighted by Crippen LogP contribution is 2.30. The first-order chi connectivity index (χ1) is 13.5. The van der Waals surface area contributed by atoms with Crippen LogP contribution in [-0.4, -0.2) is 27.5 Å². The van der Waals surface area contributed by atoms with Crippen molar-refractivity contribution < 1.29 is 39.9 Å². The quantitative estimate of drug-likeness (QED) is 0.621. The number of ether oxygens (including phenoxy) is 1. The lowest BCUT2D eigenvalue weighted by Gasteiger charge is -2.11. The van der Waals surface area contributed by atoms with E-state index in [1.807, 2.05) is 4.72 Å². The molecule has 0 atom stereocenters. The third kappa shape index (κ3) is 6.98. The summed E-state index contributed by atoms with van der Waals surface area (Å²) in [6.45, 7) is -3.85. The average molecular weight is 438 g/mol. The molecule has 2 aromatic carbocycles. The largest absolute Gasteiger partial charge is 0.435 e. The van der Waals surface area contributed by atoms with Crippen LogP contribution in [0.2, 0.25) is 0 Å². The van der Waals surface area contributed by atoms with Gasteiger partial charge in [0.15, 0.2) is 0 Å². The number of alkyl halides is 5. The predicted molar refractivity (Wildman–Crippen MR) is 91.6 cm³/mol. The Bertz CT molecular complexity index is 964. The van der Waals surface area contributed by atoms with E-state index in [4.69, 9.17) is 0 Å². The van der Waals surface area contributed by atoms with Crippen LogP contribution in [0.3, 0.4) is 0 Å². The van der Waals surface area contributed by atoms with Gasteiger partial charge in [-0.05, 0) is 35.9 Å². The molecule has 0 spiro atoms. The maximum atomic E-state index is 12.7. The molecule has 29 heavy (non-hydrogen) atoms. The zero-order chi connectivity index (χ0) is 21.7. The summed E-state index contributed by atoms with van der Waals surface area (Å²) < 4.78 is 92.8. The molecule has 0 aliphatic heterocycles. The second kappa shape index (κ2) is 9.18. The molecule has 0 radical (unpaired) electrons. The van der Waals surface area contributed by atoms with Gasteiger partial charge in [0.1, 0.15) is 5.75 Å². The Hall–Kier alpha value is -2.73. The van der Waals surface area contributed by atoms with E-state index in [2.05, 4.69) is 10.1 Å². The number of sulfonamides is 1. The van der Waals surface area contributed by atoms with Gasteiger partial charge >= 0.3 is 12.8 Å². The zero-order valence-electron chi connectivity index (χ0n) is 14.5. The number of halogens is 5. The van der Waals surface area contributed by atoms with Crippen molar-refractivity contribution in [3.8, 4) is 5.75 Å². The smallest absolute Gasteiger partial charge is 0.416 e. The number of hydrogen-bond donors (Lipinski definition) is 2. The molecule has 0 fully saturated rings. The molecule has 0 saturated heterocycles. The van der Waals surface area contributed by atoms with Crippen LogP contribution >= 0.6 is 0 Å². The van der Waals surface area contributed by atoms with Crippen LogP contribution in [0, 0.1) is 0 Å². The number of benzene rings is 2. The Kier molecular flexibility index (Phi) is 7.14. The highest BCUT2D eigenvalue weighted by Gasteiger charge is 2.31. The number of rotatable bonds is 8. The second-order valence-corrected chi connectivity index (χ2v) is 7.42. The number of amides is 1. The van der Waals surface area contributed by atoms with Crippen molar-refractivity contribution in [2.75, 3.05) is 6.54 Å². The topological polar surface area (TPSA) is 84.5 Å². The maximum Gasteiger partial charge on any atom is 0.416 e. The first kappa shape index (κ1) is 22.6. The third-order valence-electron chi connectivity index (χ3n) is 3.51. The van der Waals surface area contributed by atoms with Gasteiger partial charge in [-0.2, -0.15) is 22.0 Å². The van der Waals surface area contributed by atoms with Crippen LogP contribution in [0.15, 0.2) is 53.4 Å². The minimum atomic E-state index is -4.72. The Morgan fingerprint density at radius 3 is 2.41 bits per heavy atom. The Morgan fingerprint density at radius 2 is 1.76 bits per heavy atom. The lowest BCUT2D eigenvalue weighted by molar-refractivity contribution is -0.137. The molecular formula is C17H15F5N2O4S. The summed E-state index contributed by atoms with van der Waals surface area (Å²) in [7, 11) is -4.36. The van der Waals surface area contributed by atoms with E-state index in [1.165, 1.54) is 24.3 Å². The Balaban J connectivity index is 1.93. The van der Waals surface area contributed by atoms with E-state index in [0.29, 0.717) is 11.6 Å². The summed E-state index contributed by atoms with van der Waals surface area (Å²) in [4.78, 5) is 11.2. The van der Waals surface area contributed by atoms with Crippen molar-refractivity contribution in [1.82, 2.24) is 10.0 Å². The number of hydrogen-bond acceptors (Lipinski definition) is 4. The zero-order valence-corrected chi connectivity index (χ0v) is 15.4. The first-order valence-electron chi connectivity index (χ1n) is 7.95. The van der Waals surface area contributed by atoms with Crippen molar-refractivity contribution >= 4 is 15.9 Å². The summed E-state index contributed by atoms with van der Waals surface area (Å²) in [5.74, 6) is -0.891. The van der Waals surface area contributed by atoms with E-state index in [0.717, 1.165) is 18.2 Å². The monoisotopic (exact) mass is 438 g/mol. The molecule has 0 bridgehead atoms. The second-order valence-electron chi connectivity index (χ2n) is 5.65. The SMILES string of the molecule is O=C(CNS(=O)(=O)c1cccc(C(F)(F)F)c1)NCc1cccc(OC(F)F)c1. The lowest BCUT2D eigenvalue weighted by Crippen LogP contribution is -2.36. The van der Waals surface area contributed by atoms with Gasteiger partial charge < -0.3 is 10.1 Å². The molecule has 0 aliphatic carbocycles. The summed E-state index contributed by atoms with van der Waals surface area (Å²) in [5, 5.41) is 2.35. The predicted octanol–water partition coefficient (Wildman–Crippen LogP) is 2.90. The molecule has 0 aliphatic rings. The van der Waals surface area contributed by atoms with Gasteiger partial charge in [-0.25, -0.2) is 13.1 Å². The van der Waals surface area contributed by atoms with Crippen molar-refractivity contribution in [2.24, 2.45) is 0 Å². The molecule has 12 heteroatoms. The number of carbonyl (C=O) groups excluding carboxylic acids is 1. The third-order valence-corrected chi connectivity index (χ3v) is 4.91. The first-order valence-corrected chi connectivity index (χ1v) is 9.43. The lowest BCUT2D eigenvalue weighted by atomic mass is 10.2. The van der Waals surface area contributed by atoms with E-state index < -0.39 is 45.7 Å². The van der Waals surface area contributed by atoms with Crippen LogP contribution in [0.1, 0.15) is 11.1 Å². The number of nitrogens with one attached hydrogen (secondary N) is 2. The molecule has 0 saturated carbocycles. The fraction of sp³-hybridized carbons (Fsp3) is 0.235. The summed E-state index contributed by atoms with van der Waals surface area (Å²) in [5.41, 5.74) is -0.729. The van der Waals surface area contributed by atoms with Gasteiger partial charge in [0, 0.05) is 6.54 Å². The molecule has 6 nitrogen and oxygen atoms in total. The Labute approximate surface area is 162 Å². The average Bonchev–Trinajstić information content (AvgIpc) is 2.64. The molecule has 2 N–H and O–H groups in total. The van der Waals surface area contributed by atoms with Crippen LogP contribution in [0.25, 0.3) is 0 Å². The van der Waals surface area contributed by atoms with Crippen molar-refractivity contribution in [3.63, 3.8) is 0 Å².